The summed E-state index contributed by atoms with van der Waals surface area (Å²) in [5, 5.41) is 5.24. The van der Waals surface area contributed by atoms with E-state index in [4.69, 9.17) is 9.47 Å². The van der Waals surface area contributed by atoms with Gasteiger partial charge in [0.05, 0.1) is 23.9 Å². The zero-order chi connectivity index (χ0) is 22.8. The molecule has 166 valence electrons. The summed E-state index contributed by atoms with van der Waals surface area (Å²) in [4.78, 5) is 19.4. The highest BCUT2D eigenvalue weighted by Gasteiger charge is 2.37. The highest BCUT2D eigenvalue weighted by molar-refractivity contribution is 8.16. The van der Waals surface area contributed by atoms with E-state index in [1.54, 1.807) is 11.8 Å². The van der Waals surface area contributed by atoms with Gasteiger partial charge in [-0.3, -0.25) is 0 Å². The first-order valence-corrected chi connectivity index (χ1v) is 11.8. The lowest BCUT2D eigenvalue weighted by atomic mass is 9.95. The fourth-order valence-electron chi connectivity index (χ4n) is 4.22. The van der Waals surface area contributed by atoms with Gasteiger partial charge in [-0.25, -0.2) is 9.79 Å². The number of carbonyl (C=O) groups is 1. The van der Waals surface area contributed by atoms with E-state index >= 15 is 0 Å². The summed E-state index contributed by atoms with van der Waals surface area (Å²) in [6, 6.07) is 22.2. The molecule has 0 spiro atoms. The number of amidine groups is 1. The first kappa shape index (κ1) is 21.3. The lowest BCUT2D eigenvalue weighted by molar-refractivity contribution is -0.139. The predicted molar refractivity (Wildman–Crippen MR) is 133 cm³/mol. The number of hydrogen-bond donors (Lipinski definition) is 0. The molecule has 33 heavy (non-hydrogen) atoms. The van der Waals surface area contributed by atoms with Gasteiger partial charge in [-0.2, -0.15) is 0 Å². The van der Waals surface area contributed by atoms with Crippen LogP contribution in [-0.2, 0) is 16.1 Å². The van der Waals surface area contributed by atoms with Crippen LogP contribution in [0.25, 0.3) is 10.8 Å². The van der Waals surface area contributed by atoms with Crippen LogP contribution in [0.4, 0.5) is 0 Å². The Morgan fingerprint density at radius 3 is 2.67 bits per heavy atom. The molecule has 1 atom stereocenters. The molecule has 0 aromatic heterocycles. The minimum atomic E-state index is -0.329. The number of benzene rings is 3. The largest absolute Gasteiger partial charge is 0.489 e. The summed E-state index contributed by atoms with van der Waals surface area (Å²) in [6.45, 7) is 4.49. The highest BCUT2D eigenvalue weighted by atomic mass is 32.2. The minimum absolute atomic E-state index is 0.282. The van der Waals surface area contributed by atoms with Crippen LogP contribution in [0.2, 0.25) is 0 Å². The predicted octanol–water partition coefficient (Wildman–Crippen LogP) is 6.19. The molecule has 0 aliphatic carbocycles. The van der Waals surface area contributed by atoms with Gasteiger partial charge in [0.2, 0.25) is 0 Å². The SMILES string of the molecule is CCOC(=O)C1=C(C)N=C2SC=CN2[C@@H]1c1ccc(OCc2cccc3ccccc23)cc1. The second-order valence-corrected chi connectivity index (χ2v) is 8.70. The lowest BCUT2D eigenvalue weighted by Crippen LogP contribution is -2.34. The molecule has 2 heterocycles. The maximum absolute atomic E-state index is 12.8. The molecule has 3 aromatic rings. The average Bonchev–Trinajstić information content (AvgIpc) is 3.30. The number of thioether (sulfide) groups is 1. The molecule has 0 saturated carbocycles. The summed E-state index contributed by atoms with van der Waals surface area (Å²) in [7, 11) is 0. The average molecular weight is 457 g/mol. The van der Waals surface area contributed by atoms with Crippen LogP contribution in [0.5, 0.6) is 5.75 Å². The standard InChI is InChI=1S/C27H24N2O3S/c1-3-31-26(30)24-18(2)28-27-29(15-16-33-27)25(24)20-11-13-22(14-12-20)32-17-21-9-6-8-19-7-4-5-10-23(19)21/h4-16,25H,3,17H2,1-2H3/t25-/m1/s1. The number of hydrogen-bond acceptors (Lipinski definition) is 6. The molecule has 5 rings (SSSR count). The zero-order valence-electron chi connectivity index (χ0n) is 18.5. The number of esters is 1. The topological polar surface area (TPSA) is 51.1 Å². The smallest absolute Gasteiger partial charge is 0.338 e. The zero-order valence-corrected chi connectivity index (χ0v) is 19.3. The Kier molecular flexibility index (Phi) is 5.92. The van der Waals surface area contributed by atoms with Gasteiger partial charge in [0.1, 0.15) is 12.4 Å². The van der Waals surface area contributed by atoms with Crippen molar-refractivity contribution >= 4 is 33.7 Å². The van der Waals surface area contributed by atoms with Crippen LogP contribution in [0.15, 0.2) is 94.6 Å². The summed E-state index contributed by atoms with van der Waals surface area (Å²) in [5.41, 5.74) is 3.39. The Balaban J connectivity index is 1.39. The van der Waals surface area contributed by atoms with Crippen molar-refractivity contribution in [3.8, 4) is 5.75 Å². The number of ether oxygens (including phenoxy) is 2. The first-order chi connectivity index (χ1) is 16.2. The summed E-state index contributed by atoms with van der Waals surface area (Å²) < 4.78 is 11.5. The van der Waals surface area contributed by atoms with Crippen molar-refractivity contribution in [3.63, 3.8) is 0 Å². The van der Waals surface area contributed by atoms with Crippen molar-refractivity contribution in [2.45, 2.75) is 26.5 Å². The van der Waals surface area contributed by atoms with Gasteiger partial charge in [0.15, 0.2) is 5.17 Å². The molecular weight excluding hydrogens is 432 g/mol. The summed E-state index contributed by atoms with van der Waals surface area (Å²) >= 11 is 1.55. The van der Waals surface area contributed by atoms with Crippen LogP contribution >= 0.6 is 11.8 Å². The van der Waals surface area contributed by atoms with Crippen molar-refractivity contribution in [3.05, 3.63) is 101 Å². The van der Waals surface area contributed by atoms with Crippen molar-refractivity contribution in [2.75, 3.05) is 6.61 Å². The van der Waals surface area contributed by atoms with Crippen molar-refractivity contribution in [1.82, 2.24) is 4.90 Å². The number of allylic oxidation sites excluding steroid dienone is 1. The molecule has 2 aliphatic rings. The normalized spacial score (nSPS) is 17.2. The molecular formula is C27H24N2O3S. The highest BCUT2D eigenvalue weighted by Crippen LogP contribution is 2.41. The fourth-order valence-corrected chi connectivity index (χ4v) is 5.02. The van der Waals surface area contributed by atoms with Crippen molar-refractivity contribution in [1.29, 1.82) is 0 Å². The van der Waals surface area contributed by atoms with E-state index in [1.807, 2.05) is 66.8 Å². The van der Waals surface area contributed by atoms with Gasteiger partial charge >= 0.3 is 5.97 Å². The number of carbonyl (C=O) groups excluding carboxylic acids is 1. The minimum Gasteiger partial charge on any atom is -0.489 e. The lowest BCUT2D eigenvalue weighted by Gasteiger charge is -2.33. The number of nitrogens with zero attached hydrogens (tertiary/aromatic N) is 2. The van der Waals surface area contributed by atoms with E-state index in [2.05, 4.69) is 35.3 Å². The molecule has 3 aromatic carbocycles. The Bertz CT molecular complexity index is 1290. The molecule has 0 amide bonds. The van der Waals surface area contributed by atoms with Gasteiger partial charge in [-0.1, -0.05) is 66.4 Å². The molecule has 6 heteroatoms. The first-order valence-electron chi connectivity index (χ1n) is 10.9. The molecule has 0 saturated heterocycles. The molecule has 0 fully saturated rings. The second kappa shape index (κ2) is 9.16. The van der Waals surface area contributed by atoms with Crippen molar-refractivity contribution < 1.29 is 14.3 Å². The van der Waals surface area contributed by atoms with E-state index in [0.717, 1.165) is 22.0 Å². The van der Waals surface area contributed by atoms with Crippen LogP contribution in [0.3, 0.4) is 0 Å². The number of rotatable bonds is 6. The Morgan fingerprint density at radius 1 is 1.06 bits per heavy atom. The summed E-state index contributed by atoms with van der Waals surface area (Å²) in [6.07, 6.45) is 1.96. The molecule has 2 aliphatic heterocycles. The molecule has 0 bridgehead atoms. The molecule has 0 N–H and O–H groups in total. The van der Waals surface area contributed by atoms with E-state index in [1.165, 1.54) is 10.8 Å². The fraction of sp³-hybridized carbons (Fsp3) is 0.185. The Hall–Kier alpha value is -3.51. The van der Waals surface area contributed by atoms with Gasteiger partial charge in [0, 0.05) is 6.20 Å². The second-order valence-electron chi connectivity index (χ2n) is 7.82. The summed E-state index contributed by atoms with van der Waals surface area (Å²) in [5.74, 6) is 0.450. The van der Waals surface area contributed by atoms with Crippen LogP contribution in [-0.4, -0.2) is 22.6 Å². The van der Waals surface area contributed by atoms with Gasteiger partial charge in [0.25, 0.3) is 0 Å². The van der Waals surface area contributed by atoms with E-state index in [0.29, 0.717) is 24.5 Å². The molecule has 0 unspecified atom stereocenters. The van der Waals surface area contributed by atoms with E-state index in [9.17, 15) is 4.79 Å². The van der Waals surface area contributed by atoms with Gasteiger partial charge in [-0.05, 0) is 53.3 Å². The Labute approximate surface area is 197 Å². The van der Waals surface area contributed by atoms with Gasteiger partial charge < -0.3 is 14.4 Å². The van der Waals surface area contributed by atoms with E-state index < -0.39 is 0 Å². The van der Waals surface area contributed by atoms with Crippen LogP contribution in [0.1, 0.15) is 31.0 Å². The number of fused-ring (bicyclic) bond motifs is 2. The monoisotopic (exact) mass is 456 g/mol. The maximum atomic E-state index is 12.8. The third kappa shape index (κ3) is 4.14. The molecule has 0 radical (unpaired) electrons. The maximum Gasteiger partial charge on any atom is 0.338 e. The Morgan fingerprint density at radius 2 is 1.85 bits per heavy atom. The number of aliphatic imine (C=N–C) groups is 1. The van der Waals surface area contributed by atoms with Gasteiger partial charge in [-0.15, -0.1) is 0 Å². The third-order valence-electron chi connectivity index (χ3n) is 5.79. The van der Waals surface area contributed by atoms with Crippen LogP contribution < -0.4 is 4.74 Å². The van der Waals surface area contributed by atoms with E-state index in [-0.39, 0.29) is 12.0 Å². The molecule has 5 nitrogen and oxygen atoms in total. The third-order valence-corrected chi connectivity index (χ3v) is 6.56. The quantitative estimate of drug-likeness (QED) is 0.414. The van der Waals surface area contributed by atoms with Crippen LogP contribution in [0, 0.1) is 0 Å². The van der Waals surface area contributed by atoms with Crippen molar-refractivity contribution in [2.24, 2.45) is 4.99 Å².